The van der Waals surface area contributed by atoms with Crippen molar-refractivity contribution in [3.63, 3.8) is 0 Å². The third-order valence-electron chi connectivity index (χ3n) is 7.19. The summed E-state index contributed by atoms with van der Waals surface area (Å²) in [6, 6.07) is 21.7. The maximum atomic E-state index is 6.13. The Morgan fingerprint density at radius 1 is 0.650 bits per heavy atom. The van der Waals surface area contributed by atoms with E-state index in [0.717, 1.165) is 72.1 Å². The highest BCUT2D eigenvalue weighted by Crippen LogP contribution is 2.09. The van der Waals surface area contributed by atoms with Crippen LogP contribution in [0.5, 0.6) is 0 Å². The molecule has 1 saturated heterocycles. The van der Waals surface area contributed by atoms with Crippen LogP contribution in [-0.4, -0.2) is 98.9 Å². The normalized spacial score (nSPS) is 17.7. The zero-order valence-corrected chi connectivity index (χ0v) is 26.8. The summed E-state index contributed by atoms with van der Waals surface area (Å²) in [6.07, 6.45) is 0. The van der Waals surface area contributed by atoms with Crippen LogP contribution < -0.4 is 5.32 Å². The van der Waals surface area contributed by atoms with E-state index in [4.69, 9.17) is 9.47 Å². The molecule has 2 aromatic rings. The molecule has 0 aliphatic carbocycles. The molecular weight excluding hydrogens is 496 g/mol. The van der Waals surface area contributed by atoms with Crippen LogP contribution in [0.2, 0.25) is 0 Å². The van der Waals surface area contributed by atoms with Crippen LogP contribution in [0.3, 0.4) is 0 Å². The molecule has 236 valence electrons. The van der Waals surface area contributed by atoms with Crippen LogP contribution in [-0.2, 0) is 22.7 Å². The standard InChI is InChI=1S/C30H48N4O2.2C2H6.4H2/c1-4-32-17-15-31-16-18-33(27(2)23-35-25-29-11-7-5-8-12-29)21-22-34(20-19-32)28(3)24-36-26-30-13-9-6-10-14-30;2*1-2;;;;/h5-14,27-28,31H,4,15-26H2,1-3H3;2*1-2H3;4*1H. The van der Waals surface area contributed by atoms with E-state index in [2.05, 4.69) is 101 Å². The number of benzene rings is 2. The Morgan fingerprint density at radius 2 is 1.07 bits per heavy atom. The number of hydrogen-bond acceptors (Lipinski definition) is 6. The van der Waals surface area contributed by atoms with E-state index in [-0.39, 0.29) is 5.71 Å². The molecule has 0 saturated carbocycles. The third-order valence-corrected chi connectivity index (χ3v) is 7.19. The SMILES string of the molecule is CC.CC.CCN1CCNCCN(C(C)COCc2ccccc2)CCN(C(C)COCc2ccccc2)CC1.[HH].[HH].[HH].[HH]. The lowest BCUT2D eigenvalue weighted by molar-refractivity contribution is 0.0313. The highest BCUT2D eigenvalue weighted by molar-refractivity contribution is 5.14. The Morgan fingerprint density at radius 3 is 1.55 bits per heavy atom. The summed E-state index contributed by atoms with van der Waals surface area (Å²) in [5.41, 5.74) is 2.47. The van der Waals surface area contributed by atoms with Crippen molar-refractivity contribution in [1.82, 2.24) is 20.0 Å². The summed E-state index contributed by atoms with van der Waals surface area (Å²) in [5, 5.41) is 3.65. The summed E-state index contributed by atoms with van der Waals surface area (Å²) in [7, 11) is 0. The number of rotatable bonds is 11. The zero-order chi connectivity index (χ0) is 29.4. The van der Waals surface area contributed by atoms with Crippen LogP contribution in [0.15, 0.2) is 60.7 Å². The molecule has 2 unspecified atom stereocenters. The Balaban J connectivity index is -0.000000960. The monoisotopic (exact) mass is 565 g/mol. The minimum Gasteiger partial charge on any atom is -0.375 e. The van der Waals surface area contributed by atoms with E-state index in [9.17, 15) is 0 Å². The summed E-state index contributed by atoms with van der Waals surface area (Å²) in [5.74, 6) is 0. The van der Waals surface area contributed by atoms with Gasteiger partial charge in [0, 0.05) is 70.1 Å². The molecule has 3 rings (SSSR count). The molecule has 6 heteroatoms. The van der Waals surface area contributed by atoms with Crippen molar-refractivity contribution in [2.45, 2.75) is 73.8 Å². The first-order valence-corrected chi connectivity index (χ1v) is 15.8. The topological polar surface area (TPSA) is 40.2 Å². The number of nitrogens with one attached hydrogen (secondary N) is 1. The van der Waals surface area contributed by atoms with E-state index in [0.29, 0.717) is 25.3 Å². The fourth-order valence-electron chi connectivity index (χ4n) is 4.70. The van der Waals surface area contributed by atoms with Crippen LogP contribution in [0, 0.1) is 0 Å². The molecule has 0 amide bonds. The average Bonchev–Trinajstić information content (AvgIpc) is 3.00. The van der Waals surface area contributed by atoms with Crippen molar-refractivity contribution < 1.29 is 15.2 Å². The van der Waals surface area contributed by atoms with Gasteiger partial charge in [0.1, 0.15) is 0 Å². The van der Waals surface area contributed by atoms with E-state index in [1.165, 1.54) is 11.1 Å². The van der Waals surface area contributed by atoms with E-state index in [1.807, 2.05) is 27.7 Å². The van der Waals surface area contributed by atoms with E-state index in [1.54, 1.807) is 0 Å². The largest absolute Gasteiger partial charge is 0.375 e. The maximum absolute atomic E-state index is 6.13. The second kappa shape index (κ2) is 23.9. The molecule has 1 fully saturated rings. The lowest BCUT2D eigenvalue weighted by Gasteiger charge is -2.36. The van der Waals surface area contributed by atoms with Gasteiger partial charge < -0.3 is 19.7 Å². The number of hydrogen-bond donors (Lipinski definition) is 1. The summed E-state index contributed by atoms with van der Waals surface area (Å²) in [6.45, 7) is 27.2. The molecule has 1 aliphatic rings. The molecule has 0 aromatic heterocycles. The Hall–Kier alpha value is -1.80. The zero-order valence-electron chi connectivity index (χ0n) is 26.8. The molecule has 2 atom stereocenters. The van der Waals surface area contributed by atoms with Gasteiger partial charge in [0.05, 0.1) is 26.4 Å². The first-order valence-electron chi connectivity index (χ1n) is 15.8. The second-order valence-electron chi connectivity index (χ2n) is 9.96. The summed E-state index contributed by atoms with van der Waals surface area (Å²) >= 11 is 0. The minimum atomic E-state index is 0. The molecular formula is C34H68N4O2. The van der Waals surface area contributed by atoms with Crippen molar-refractivity contribution >= 4 is 0 Å². The predicted molar refractivity (Wildman–Crippen MR) is 180 cm³/mol. The van der Waals surface area contributed by atoms with Gasteiger partial charge in [-0.3, -0.25) is 9.80 Å². The van der Waals surface area contributed by atoms with Gasteiger partial charge in [-0.15, -0.1) is 0 Å². The van der Waals surface area contributed by atoms with E-state index >= 15 is 0 Å². The number of likely N-dealkylation sites (N-methyl/N-ethyl adjacent to an activating group) is 1. The molecule has 1 heterocycles. The van der Waals surface area contributed by atoms with Gasteiger partial charge in [-0.05, 0) is 31.5 Å². The van der Waals surface area contributed by atoms with Gasteiger partial charge >= 0.3 is 0 Å². The molecule has 0 bridgehead atoms. The molecule has 40 heavy (non-hydrogen) atoms. The number of nitrogens with zero attached hydrogens (tertiary/aromatic N) is 3. The van der Waals surface area contributed by atoms with Crippen molar-refractivity contribution in [3.05, 3.63) is 71.8 Å². The predicted octanol–water partition coefficient (Wildman–Crippen LogP) is 6.76. The van der Waals surface area contributed by atoms with Gasteiger partial charge in [-0.2, -0.15) is 0 Å². The minimum absolute atomic E-state index is 0. The third kappa shape index (κ3) is 15.3. The molecule has 1 N–H and O–H groups in total. The van der Waals surface area contributed by atoms with Crippen molar-refractivity contribution in [1.29, 1.82) is 0 Å². The van der Waals surface area contributed by atoms with Gasteiger partial charge in [0.25, 0.3) is 0 Å². The average molecular weight is 565 g/mol. The van der Waals surface area contributed by atoms with Gasteiger partial charge in [-0.25, -0.2) is 0 Å². The number of ether oxygens (including phenoxy) is 2. The Bertz CT molecular complexity index is 827. The molecule has 6 nitrogen and oxygen atoms in total. The van der Waals surface area contributed by atoms with E-state index < -0.39 is 0 Å². The molecule has 0 radical (unpaired) electrons. The van der Waals surface area contributed by atoms with Crippen LogP contribution in [0.1, 0.15) is 65.3 Å². The van der Waals surface area contributed by atoms with Gasteiger partial charge in [0.15, 0.2) is 0 Å². The summed E-state index contributed by atoms with van der Waals surface area (Å²) in [4.78, 5) is 7.76. The van der Waals surface area contributed by atoms with Crippen molar-refractivity contribution in [3.8, 4) is 0 Å². The van der Waals surface area contributed by atoms with Crippen LogP contribution in [0.4, 0.5) is 0 Å². The van der Waals surface area contributed by atoms with Gasteiger partial charge in [0.2, 0.25) is 0 Å². The highest BCUT2D eigenvalue weighted by Gasteiger charge is 2.20. The Labute approximate surface area is 253 Å². The van der Waals surface area contributed by atoms with Crippen LogP contribution >= 0.6 is 0 Å². The first-order chi connectivity index (χ1) is 19.7. The van der Waals surface area contributed by atoms with Gasteiger partial charge in [-0.1, -0.05) is 95.3 Å². The molecule has 2 aromatic carbocycles. The quantitative estimate of drug-likeness (QED) is 0.325. The lowest BCUT2D eigenvalue weighted by Crippen LogP contribution is -2.50. The highest BCUT2D eigenvalue weighted by atomic mass is 16.5. The molecule has 0 spiro atoms. The summed E-state index contributed by atoms with van der Waals surface area (Å²) < 4.78 is 12.2. The van der Waals surface area contributed by atoms with Crippen LogP contribution in [0.25, 0.3) is 0 Å². The Kier molecular flexibility index (Phi) is 21.6. The van der Waals surface area contributed by atoms with Crippen molar-refractivity contribution in [2.75, 3.05) is 72.1 Å². The molecule has 1 aliphatic heterocycles. The second-order valence-corrected chi connectivity index (χ2v) is 9.96. The van der Waals surface area contributed by atoms with Crippen molar-refractivity contribution in [2.24, 2.45) is 0 Å². The first kappa shape index (κ1) is 36.2. The fourth-order valence-corrected chi connectivity index (χ4v) is 4.70. The fraction of sp³-hybridized carbons (Fsp3) is 0.647. The lowest BCUT2D eigenvalue weighted by atomic mass is 10.2. The maximum Gasteiger partial charge on any atom is 0.0717 e. The smallest absolute Gasteiger partial charge is 0.0717 e.